The van der Waals surface area contributed by atoms with E-state index in [2.05, 4.69) is 10.3 Å². The maximum absolute atomic E-state index is 11.9. The maximum atomic E-state index is 11.9. The summed E-state index contributed by atoms with van der Waals surface area (Å²) in [6, 6.07) is 3.09. The van der Waals surface area contributed by atoms with Crippen LogP contribution < -0.4 is 5.32 Å². The molecule has 2 rings (SSSR count). The molecule has 1 aromatic heterocycles. The van der Waals surface area contributed by atoms with Gasteiger partial charge >= 0.3 is 0 Å². The zero-order chi connectivity index (χ0) is 14.6. The molecule has 1 fully saturated rings. The Labute approximate surface area is 119 Å². The predicted molar refractivity (Wildman–Crippen MR) is 76.3 cm³/mol. The van der Waals surface area contributed by atoms with Crippen molar-refractivity contribution >= 4 is 21.6 Å². The molecule has 6 nitrogen and oxygen atoms in total. The molecule has 2 heterocycles. The van der Waals surface area contributed by atoms with Crippen LogP contribution in [-0.4, -0.2) is 50.1 Å². The van der Waals surface area contributed by atoms with Gasteiger partial charge in [0.25, 0.3) is 0 Å². The van der Waals surface area contributed by atoms with Gasteiger partial charge in [0.1, 0.15) is 10.7 Å². The number of likely N-dealkylation sites (tertiary alicyclic amines) is 1. The van der Waals surface area contributed by atoms with Gasteiger partial charge in [-0.3, -0.25) is 4.79 Å². The van der Waals surface area contributed by atoms with Crippen molar-refractivity contribution in [1.29, 1.82) is 0 Å². The number of sulfone groups is 1. The van der Waals surface area contributed by atoms with Crippen LogP contribution in [0.25, 0.3) is 0 Å². The van der Waals surface area contributed by atoms with E-state index in [9.17, 15) is 13.2 Å². The quantitative estimate of drug-likeness (QED) is 0.874. The molecule has 0 unspecified atom stereocenters. The number of anilines is 1. The first-order valence-corrected chi connectivity index (χ1v) is 8.54. The number of pyridine rings is 1. The van der Waals surface area contributed by atoms with E-state index in [0.29, 0.717) is 18.8 Å². The van der Waals surface area contributed by atoms with Gasteiger partial charge in [0.05, 0.1) is 0 Å². The van der Waals surface area contributed by atoms with Crippen LogP contribution in [0.2, 0.25) is 0 Å². The van der Waals surface area contributed by atoms with Crippen LogP contribution in [0.3, 0.4) is 0 Å². The number of nitrogens with one attached hydrogen (secondary N) is 1. The number of amides is 1. The Hall–Kier alpha value is -1.63. The summed E-state index contributed by atoms with van der Waals surface area (Å²) < 4.78 is 23.2. The van der Waals surface area contributed by atoms with E-state index in [-0.39, 0.29) is 10.8 Å². The van der Waals surface area contributed by atoms with Gasteiger partial charge in [-0.2, -0.15) is 0 Å². The van der Waals surface area contributed by atoms with E-state index in [4.69, 9.17) is 0 Å². The lowest BCUT2D eigenvalue weighted by Crippen LogP contribution is -2.29. The SMILES string of the molecule is CS(=O)(=O)c1cccnc1NCCC(=O)N1CCCC1. The smallest absolute Gasteiger partial charge is 0.224 e. The van der Waals surface area contributed by atoms with E-state index in [1.807, 2.05) is 4.90 Å². The van der Waals surface area contributed by atoms with Crippen LogP contribution in [0, 0.1) is 0 Å². The molecular formula is C13H19N3O3S. The fourth-order valence-corrected chi connectivity index (χ4v) is 3.04. The molecule has 0 atom stereocenters. The molecule has 0 bridgehead atoms. The highest BCUT2D eigenvalue weighted by molar-refractivity contribution is 7.90. The number of carbonyl (C=O) groups is 1. The van der Waals surface area contributed by atoms with Crippen LogP contribution in [-0.2, 0) is 14.6 Å². The van der Waals surface area contributed by atoms with E-state index in [1.165, 1.54) is 12.3 Å². The van der Waals surface area contributed by atoms with Gasteiger partial charge in [-0.05, 0) is 25.0 Å². The number of carbonyl (C=O) groups excluding carboxylic acids is 1. The lowest BCUT2D eigenvalue weighted by Gasteiger charge is -2.15. The monoisotopic (exact) mass is 297 g/mol. The molecule has 110 valence electrons. The molecule has 7 heteroatoms. The Morgan fingerprint density at radius 2 is 2.10 bits per heavy atom. The van der Waals surface area contributed by atoms with Crippen molar-refractivity contribution in [3.8, 4) is 0 Å². The third kappa shape index (κ3) is 3.69. The Morgan fingerprint density at radius 3 is 2.75 bits per heavy atom. The Balaban J connectivity index is 1.93. The first-order chi connectivity index (χ1) is 9.48. The highest BCUT2D eigenvalue weighted by Gasteiger charge is 2.18. The minimum Gasteiger partial charge on any atom is -0.368 e. The fraction of sp³-hybridized carbons (Fsp3) is 0.538. The summed E-state index contributed by atoms with van der Waals surface area (Å²) >= 11 is 0. The van der Waals surface area contributed by atoms with Crippen LogP contribution in [0.5, 0.6) is 0 Å². The zero-order valence-electron chi connectivity index (χ0n) is 11.5. The fourth-order valence-electron chi connectivity index (χ4n) is 2.23. The second-order valence-corrected chi connectivity index (χ2v) is 6.87. The van der Waals surface area contributed by atoms with E-state index < -0.39 is 9.84 Å². The summed E-state index contributed by atoms with van der Waals surface area (Å²) in [7, 11) is -3.32. The average molecular weight is 297 g/mol. The van der Waals surface area contributed by atoms with E-state index in [1.54, 1.807) is 6.07 Å². The number of hydrogen-bond donors (Lipinski definition) is 1. The molecule has 0 aromatic carbocycles. The summed E-state index contributed by atoms with van der Waals surface area (Å²) in [4.78, 5) is 17.9. The molecule has 1 aromatic rings. The summed E-state index contributed by atoms with van der Waals surface area (Å²) in [5.41, 5.74) is 0. The van der Waals surface area contributed by atoms with Crippen molar-refractivity contribution in [2.75, 3.05) is 31.2 Å². The van der Waals surface area contributed by atoms with Crippen molar-refractivity contribution in [3.05, 3.63) is 18.3 Å². The van der Waals surface area contributed by atoms with Gasteiger partial charge in [-0.25, -0.2) is 13.4 Å². The minimum atomic E-state index is -3.32. The number of aromatic nitrogens is 1. The van der Waals surface area contributed by atoms with Gasteiger partial charge in [0, 0.05) is 38.5 Å². The van der Waals surface area contributed by atoms with Crippen LogP contribution >= 0.6 is 0 Å². The Morgan fingerprint density at radius 1 is 1.40 bits per heavy atom. The Bertz CT molecular complexity index is 580. The third-order valence-corrected chi connectivity index (χ3v) is 4.39. The minimum absolute atomic E-state index is 0.104. The normalized spacial score (nSPS) is 15.3. The van der Waals surface area contributed by atoms with Gasteiger partial charge in [-0.1, -0.05) is 0 Å². The summed E-state index contributed by atoms with van der Waals surface area (Å²) in [5, 5.41) is 2.94. The van der Waals surface area contributed by atoms with Crippen molar-refractivity contribution in [2.45, 2.75) is 24.2 Å². The Kier molecular flexibility index (Phi) is 4.59. The first-order valence-electron chi connectivity index (χ1n) is 6.65. The maximum Gasteiger partial charge on any atom is 0.224 e. The molecular weight excluding hydrogens is 278 g/mol. The highest BCUT2D eigenvalue weighted by atomic mass is 32.2. The second-order valence-electron chi connectivity index (χ2n) is 4.89. The van der Waals surface area contributed by atoms with Crippen molar-refractivity contribution in [2.24, 2.45) is 0 Å². The van der Waals surface area contributed by atoms with E-state index >= 15 is 0 Å². The predicted octanol–water partition coefficient (Wildman–Crippen LogP) is 0.909. The molecule has 20 heavy (non-hydrogen) atoms. The van der Waals surface area contributed by atoms with Crippen LogP contribution in [0.15, 0.2) is 23.2 Å². The largest absolute Gasteiger partial charge is 0.368 e. The molecule has 0 saturated carbocycles. The molecule has 1 aliphatic heterocycles. The summed E-state index contributed by atoms with van der Waals surface area (Å²) in [5.74, 6) is 0.413. The summed E-state index contributed by atoms with van der Waals surface area (Å²) in [6.45, 7) is 2.04. The number of hydrogen-bond acceptors (Lipinski definition) is 5. The van der Waals surface area contributed by atoms with Gasteiger partial charge in [-0.15, -0.1) is 0 Å². The molecule has 0 spiro atoms. The van der Waals surface area contributed by atoms with Crippen LogP contribution in [0.4, 0.5) is 5.82 Å². The molecule has 1 N–H and O–H groups in total. The lowest BCUT2D eigenvalue weighted by atomic mass is 10.3. The molecule has 1 aliphatic rings. The molecule has 1 amide bonds. The second kappa shape index (κ2) is 6.21. The van der Waals surface area contributed by atoms with Gasteiger partial charge in [0.15, 0.2) is 9.84 Å². The number of nitrogens with zero attached hydrogens (tertiary/aromatic N) is 2. The van der Waals surface area contributed by atoms with E-state index in [0.717, 1.165) is 32.2 Å². The van der Waals surface area contributed by atoms with Crippen molar-refractivity contribution < 1.29 is 13.2 Å². The lowest BCUT2D eigenvalue weighted by molar-refractivity contribution is -0.129. The summed E-state index contributed by atoms with van der Waals surface area (Å²) in [6.07, 6.45) is 5.15. The average Bonchev–Trinajstić information content (AvgIpc) is 2.92. The van der Waals surface area contributed by atoms with Gasteiger partial charge < -0.3 is 10.2 Å². The van der Waals surface area contributed by atoms with Crippen molar-refractivity contribution in [1.82, 2.24) is 9.88 Å². The first kappa shape index (κ1) is 14.8. The number of rotatable bonds is 5. The van der Waals surface area contributed by atoms with Gasteiger partial charge in [0.2, 0.25) is 5.91 Å². The van der Waals surface area contributed by atoms with Crippen LogP contribution in [0.1, 0.15) is 19.3 Å². The standard InChI is InChI=1S/C13H19N3O3S/c1-20(18,19)11-5-4-7-14-13(11)15-8-6-12(17)16-9-2-3-10-16/h4-5,7H,2-3,6,8-10H2,1H3,(H,14,15). The molecule has 0 radical (unpaired) electrons. The zero-order valence-corrected chi connectivity index (χ0v) is 12.3. The molecule has 0 aliphatic carbocycles. The van der Waals surface area contributed by atoms with Crippen molar-refractivity contribution in [3.63, 3.8) is 0 Å². The molecule has 1 saturated heterocycles. The third-order valence-electron chi connectivity index (χ3n) is 3.26. The topological polar surface area (TPSA) is 79.4 Å². The highest BCUT2D eigenvalue weighted by Crippen LogP contribution is 2.17.